The van der Waals surface area contributed by atoms with Crippen molar-refractivity contribution in [1.82, 2.24) is 4.98 Å². The maximum Gasteiger partial charge on any atom is 0.291 e. The van der Waals surface area contributed by atoms with E-state index in [-0.39, 0.29) is 17.6 Å². The van der Waals surface area contributed by atoms with E-state index in [1.807, 2.05) is 72.1 Å². The molecule has 6 nitrogen and oxygen atoms in total. The Labute approximate surface area is 230 Å². The van der Waals surface area contributed by atoms with Crippen molar-refractivity contribution in [1.29, 1.82) is 0 Å². The molecule has 9 heteroatoms. The second kappa shape index (κ2) is 11.6. The van der Waals surface area contributed by atoms with Crippen LogP contribution in [0.2, 0.25) is 0 Å². The van der Waals surface area contributed by atoms with Crippen molar-refractivity contribution in [2.75, 3.05) is 10.6 Å². The van der Waals surface area contributed by atoms with Crippen molar-refractivity contribution >= 4 is 61.7 Å². The van der Waals surface area contributed by atoms with Gasteiger partial charge in [-0.15, -0.1) is 23.1 Å². The molecule has 2 heterocycles. The van der Waals surface area contributed by atoms with E-state index in [0.29, 0.717) is 10.8 Å². The summed E-state index contributed by atoms with van der Waals surface area (Å²) in [4.78, 5) is 31.1. The fourth-order valence-corrected chi connectivity index (χ4v) is 5.52. The molecular formula is C28H20BrN3O3S2. The van der Waals surface area contributed by atoms with E-state index >= 15 is 0 Å². The molecule has 3 aromatic carbocycles. The van der Waals surface area contributed by atoms with Crippen molar-refractivity contribution in [2.45, 2.75) is 10.1 Å². The Hall–Kier alpha value is -3.66. The molecule has 0 aliphatic carbocycles. The Balaban J connectivity index is 1.30. The Morgan fingerprint density at radius 1 is 0.892 bits per heavy atom. The minimum atomic E-state index is -0.496. The van der Waals surface area contributed by atoms with E-state index < -0.39 is 5.25 Å². The second-order valence-electron chi connectivity index (χ2n) is 7.90. The fraction of sp³-hybridized carbons (Fsp3) is 0.0357. The van der Waals surface area contributed by atoms with E-state index in [2.05, 4.69) is 31.5 Å². The summed E-state index contributed by atoms with van der Waals surface area (Å²) in [5.74, 6) is -0.245. The van der Waals surface area contributed by atoms with Gasteiger partial charge in [0.05, 0.1) is 12.0 Å². The molecular weight excluding hydrogens is 570 g/mol. The molecule has 5 aromatic rings. The third kappa shape index (κ3) is 6.37. The topological polar surface area (TPSA) is 84.2 Å². The minimum absolute atomic E-state index is 0.164. The lowest BCUT2D eigenvalue weighted by molar-refractivity contribution is -0.115. The van der Waals surface area contributed by atoms with Gasteiger partial charge in [0, 0.05) is 26.0 Å². The molecule has 0 aliphatic rings. The van der Waals surface area contributed by atoms with Crippen molar-refractivity contribution in [2.24, 2.45) is 0 Å². The Bertz CT molecular complexity index is 1490. The van der Waals surface area contributed by atoms with Gasteiger partial charge in [-0.3, -0.25) is 9.59 Å². The van der Waals surface area contributed by atoms with Gasteiger partial charge in [0.25, 0.3) is 5.91 Å². The molecule has 0 aliphatic heterocycles. The molecule has 184 valence electrons. The van der Waals surface area contributed by atoms with E-state index in [4.69, 9.17) is 4.42 Å². The number of aromatic nitrogens is 1. The van der Waals surface area contributed by atoms with Crippen LogP contribution in [0, 0.1) is 0 Å². The van der Waals surface area contributed by atoms with Crippen LogP contribution in [0.1, 0.15) is 21.4 Å². The van der Waals surface area contributed by atoms with Crippen molar-refractivity contribution in [3.05, 3.63) is 118 Å². The number of furan rings is 1. The molecule has 2 aromatic heterocycles. The van der Waals surface area contributed by atoms with Gasteiger partial charge in [-0.2, -0.15) is 0 Å². The van der Waals surface area contributed by atoms with Crippen LogP contribution in [0.3, 0.4) is 0 Å². The molecule has 0 spiro atoms. The number of anilines is 2. The first-order chi connectivity index (χ1) is 18.0. The summed E-state index contributed by atoms with van der Waals surface area (Å²) in [6, 6.07) is 28.1. The van der Waals surface area contributed by atoms with Crippen molar-refractivity contribution < 1.29 is 14.0 Å². The van der Waals surface area contributed by atoms with E-state index in [1.54, 1.807) is 24.3 Å². The highest BCUT2D eigenvalue weighted by Crippen LogP contribution is 2.37. The van der Waals surface area contributed by atoms with Crippen LogP contribution in [0.4, 0.5) is 10.8 Å². The van der Waals surface area contributed by atoms with Gasteiger partial charge in [0.1, 0.15) is 5.25 Å². The summed E-state index contributed by atoms with van der Waals surface area (Å²) >= 11 is 6.26. The standard InChI is InChI=1S/C28H20BrN3O3S2/c29-20-10-8-18(9-11-20)23-17-36-28(31-23)32-27(34)25(19-5-2-1-3-6-19)37-22-14-12-21(13-15-22)30-26(33)24-7-4-16-35-24/h1-17,25H,(H,30,33)(H,31,32,34). The molecule has 5 rings (SSSR count). The molecule has 0 radical (unpaired) electrons. The van der Waals surface area contributed by atoms with Crippen LogP contribution in [0.25, 0.3) is 11.3 Å². The molecule has 0 saturated carbocycles. The highest BCUT2D eigenvalue weighted by Gasteiger charge is 2.23. The highest BCUT2D eigenvalue weighted by atomic mass is 79.9. The lowest BCUT2D eigenvalue weighted by Gasteiger charge is -2.16. The zero-order valence-corrected chi connectivity index (χ0v) is 22.5. The van der Waals surface area contributed by atoms with Crippen LogP contribution in [-0.4, -0.2) is 16.8 Å². The number of carbonyl (C=O) groups is 2. The number of hydrogen-bond acceptors (Lipinski definition) is 6. The Morgan fingerprint density at radius 2 is 1.65 bits per heavy atom. The largest absolute Gasteiger partial charge is 0.459 e. The molecule has 1 atom stereocenters. The maximum atomic E-state index is 13.4. The summed E-state index contributed by atoms with van der Waals surface area (Å²) < 4.78 is 6.13. The van der Waals surface area contributed by atoms with Gasteiger partial charge in [0.15, 0.2) is 10.9 Å². The van der Waals surface area contributed by atoms with Crippen LogP contribution < -0.4 is 10.6 Å². The van der Waals surface area contributed by atoms with Crippen LogP contribution in [-0.2, 0) is 4.79 Å². The average molecular weight is 591 g/mol. The van der Waals surface area contributed by atoms with Crippen molar-refractivity contribution in [3.8, 4) is 11.3 Å². The van der Waals surface area contributed by atoms with Crippen LogP contribution >= 0.6 is 39.0 Å². The predicted molar refractivity (Wildman–Crippen MR) is 152 cm³/mol. The molecule has 0 saturated heterocycles. The van der Waals surface area contributed by atoms with Gasteiger partial charge < -0.3 is 15.1 Å². The summed E-state index contributed by atoms with van der Waals surface area (Å²) in [6.45, 7) is 0. The van der Waals surface area contributed by atoms with E-state index in [1.165, 1.54) is 29.4 Å². The fourth-order valence-electron chi connectivity index (χ4n) is 3.51. The van der Waals surface area contributed by atoms with Gasteiger partial charge in [-0.05, 0) is 54.1 Å². The number of carbonyl (C=O) groups excluding carboxylic acids is 2. The van der Waals surface area contributed by atoms with Crippen LogP contribution in [0.15, 0.2) is 116 Å². The number of thioether (sulfide) groups is 1. The van der Waals surface area contributed by atoms with Crippen molar-refractivity contribution in [3.63, 3.8) is 0 Å². The minimum Gasteiger partial charge on any atom is -0.459 e. The van der Waals surface area contributed by atoms with Gasteiger partial charge in [-0.25, -0.2) is 4.98 Å². The zero-order valence-electron chi connectivity index (χ0n) is 19.3. The van der Waals surface area contributed by atoms with Crippen LogP contribution in [0.5, 0.6) is 0 Å². The van der Waals surface area contributed by atoms with Gasteiger partial charge >= 0.3 is 0 Å². The smallest absolute Gasteiger partial charge is 0.291 e. The van der Waals surface area contributed by atoms with Gasteiger partial charge in [-0.1, -0.05) is 58.4 Å². The number of thiazole rings is 1. The normalized spacial score (nSPS) is 11.6. The SMILES string of the molecule is O=C(Nc1ccc(SC(C(=O)Nc2nc(-c3ccc(Br)cc3)cs2)c2ccccc2)cc1)c1ccco1. The molecule has 0 bridgehead atoms. The lowest BCUT2D eigenvalue weighted by atomic mass is 10.1. The first kappa shape index (κ1) is 25.0. The number of amides is 2. The Morgan fingerprint density at radius 3 is 2.35 bits per heavy atom. The Kier molecular flexibility index (Phi) is 7.84. The predicted octanol–water partition coefficient (Wildman–Crippen LogP) is 7.89. The second-order valence-corrected chi connectivity index (χ2v) is 10.9. The molecule has 37 heavy (non-hydrogen) atoms. The third-order valence-electron chi connectivity index (χ3n) is 5.33. The summed E-state index contributed by atoms with van der Waals surface area (Å²) in [5.41, 5.74) is 3.30. The zero-order chi connectivity index (χ0) is 25.6. The number of nitrogens with one attached hydrogen (secondary N) is 2. The quantitative estimate of drug-likeness (QED) is 0.180. The molecule has 1 unspecified atom stereocenters. The maximum absolute atomic E-state index is 13.4. The number of benzene rings is 3. The summed E-state index contributed by atoms with van der Waals surface area (Å²) in [5, 5.41) is 7.76. The highest BCUT2D eigenvalue weighted by molar-refractivity contribution is 9.10. The molecule has 2 N–H and O–H groups in total. The number of nitrogens with zero attached hydrogens (tertiary/aromatic N) is 1. The number of rotatable bonds is 8. The first-order valence-electron chi connectivity index (χ1n) is 11.2. The average Bonchev–Trinajstić information content (AvgIpc) is 3.62. The third-order valence-corrected chi connectivity index (χ3v) is 7.88. The number of hydrogen-bond donors (Lipinski definition) is 2. The summed E-state index contributed by atoms with van der Waals surface area (Å²) in [7, 11) is 0. The summed E-state index contributed by atoms with van der Waals surface area (Å²) in [6.07, 6.45) is 1.46. The molecule has 0 fully saturated rings. The van der Waals surface area contributed by atoms with E-state index in [0.717, 1.165) is 26.2 Å². The van der Waals surface area contributed by atoms with E-state index in [9.17, 15) is 9.59 Å². The number of halogens is 1. The van der Waals surface area contributed by atoms with Gasteiger partial charge in [0.2, 0.25) is 5.91 Å². The lowest BCUT2D eigenvalue weighted by Crippen LogP contribution is -2.19. The molecule has 2 amide bonds. The monoisotopic (exact) mass is 589 g/mol. The first-order valence-corrected chi connectivity index (χ1v) is 13.8.